The number of hydrogen-bond acceptors (Lipinski definition) is 4. The van der Waals surface area contributed by atoms with Gasteiger partial charge in [0, 0.05) is 34.4 Å². The minimum Gasteiger partial charge on any atom is -0.378 e. The first-order chi connectivity index (χ1) is 12.1. The van der Waals surface area contributed by atoms with E-state index in [-0.39, 0.29) is 11.2 Å². The van der Waals surface area contributed by atoms with Crippen LogP contribution in [0.3, 0.4) is 0 Å². The molecule has 1 saturated heterocycles. The Morgan fingerprint density at radius 2 is 1.76 bits per heavy atom. The third-order valence-corrected chi connectivity index (χ3v) is 5.37. The first-order valence-corrected chi connectivity index (χ1v) is 9.53. The summed E-state index contributed by atoms with van der Waals surface area (Å²) >= 11 is 7.40. The zero-order valence-corrected chi connectivity index (χ0v) is 15.6. The molecule has 1 amide bonds. The molecule has 1 N–H and O–H groups in total. The number of rotatable bonds is 5. The molecule has 1 aliphatic heterocycles. The Labute approximate surface area is 157 Å². The van der Waals surface area contributed by atoms with Crippen molar-refractivity contribution < 1.29 is 9.53 Å². The SMILES string of the molecule is CC(Sc1ccc(Cl)cc1)C(=O)Nc1ccc(N2CCOCC2)cc1. The minimum absolute atomic E-state index is 0.0147. The molecule has 2 aromatic rings. The number of amides is 1. The fourth-order valence-electron chi connectivity index (χ4n) is 2.59. The van der Waals surface area contributed by atoms with Crippen molar-refractivity contribution in [3.63, 3.8) is 0 Å². The molecule has 1 atom stereocenters. The van der Waals surface area contributed by atoms with E-state index in [1.165, 1.54) is 11.8 Å². The molecule has 1 heterocycles. The van der Waals surface area contributed by atoms with E-state index in [0.717, 1.165) is 42.6 Å². The first kappa shape index (κ1) is 18.1. The largest absolute Gasteiger partial charge is 0.378 e. The Morgan fingerprint density at radius 1 is 1.12 bits per heavy atom. The number of hydrogen-bond donors (Lipinski definition) is 1. The Kier molecular flexibility index (Phi) is 6.24. The number of carbonyl (C=O) groups excluding carboxylic acids is 1. The molecular weight excluding hydrogens is 356 g/mol. The van der Waals surface area contributed by atoms with Crippen molar-refractivity contribution in [1.29, 1.82) is 0 Å². The number of nitrogens with zero attached hydrogens (tertiary/aromatic N) is 1. The highest BCUT2D eigenvalue weighted by Crippen LogP contribution is 2.26. The van der Waals surface area contributed by atoms with Crippen LogP contribution in [0.1, 0.15) is 6.92 Å². The number of nitrogens with one attached hydrogen (secondary N) is 1. The zero-order chi connectivity index (χ0) is 17.6. The van der Waals surface area contributed by atoms with Gasteiger partial charge in [0.25, 0.3) is 0 Å². The Morgan fingerprint density at radius 3 is 2.40 bits per heavy atom. The second-order valence-corrected chi connectivity index (χ2v) is 7.70. The molecule has 0 radical (unpaired) electrons. The molecule has 1 aliphatic rings. The van der Waals surface area contributed by atoms with Gasteiger partial charge in [-0.3, -0.25) is 4.79 Å². The summed E-state index contributed by atoms with van der Waals surface area (Å²) in [5.74, 6) is -0.0147. The predicted molar refractivity (Wildman–Crippen MR) is 105 cm³/mol. The number of anilines is 2. The topological polar surface area (TPSA) is 41.6 Å². The van der Waals surface area contributed by atoms with Gasteiger partial charge in [-0.2, -0.15) is 0 Å². The summed E-state index contributed by atoms with van der Waals surface area (Å²) in [5, 5.41) is 3.48. The van der Waals surface area contributed by atoms with E-state index >= 15 is 0 Å². The lowest BCUT2D eigenvalue weighted by Gasteiger charge is -2.28. The van der Waals surface area contributed by atoms with E-state index < -0.39 is 0 Å². The Hall–Kier alpha value is -1.69. The van der Waals surface area contributed by atoms with Gasteiger partial charge in [-0.1, -0.05) is 11.6 Å². The molecule has 1 fully saturated rings. The minimum atomic E-state index is -0.194. The summed E-state index contributed by atoms with van der Waals surface area (Å²) in [6.07, 6.45) is 0. The van der Waals surface area contributed by atoms with Crippen LogP contribution in [0, 0.1) is 0 Å². The summed E-state index contributed by atoms with van der Waals surface area (Å²) in [4.78, 5) is 15.7. The average molecular weight is 377 g/mol. The van der Waals surface area contributed by atoms with Crippen LogP contribution in [0.15, 0.2) is 53.4 Å². The molecule has 0 aliphatic carbocycles. The first-order valence-electron chi connectivity index (χ1n) is 8.28. The average Bonchev–Trinajstić information content (AvgIpc) is 2.65. The predicted octanol–water partition coefficient (Wildman–Crippen LogP) is 4.30. The highest BCUT2D eigenvalue weighted by molar-refractivity contribution is 8.00. The van der Waals surface area contributed by atoms with Gasteiger partial charge in [-0.05, 0) is 55.5 Å². The number of carbonyl (C=O) groups is 1. The maximum Gasteiger partial charge on any atom is 0.237 e. The standard InChI is InChI=1S/C19H21ClN2O2S/c1-14(25-18-8-2-15(20)3-9-18)19(23)21-16-4-6-17(7-5-16)22-10-12-24-13-11-22/h2-9,14H,10-13H2,1H3,(H,21,23). The van der Waals surface area contributed by atoms with Gasteiger partial charge in [0.15, 0.2) is 0 Å². The molecule has 0 aromatic heterocycles. The summed E-state index contributed by atoms with van der Waals surface area (Å²) < 4.78 is 5.37. The van der Waals surface area contributed by atoms with Crippen LogP contribution < -0.4 is 10.2 Å². The summed E-state index contributed by atoms with van der Waals surface area (Å²) in [7, 11) is 0. The van der Waals surface area contributed by atoms with Crippen molar-refractivity contribution in [3.8, 4) is 0 Å². The molecule has 0 spiro atoms. The van der Waals surface area contributed by atoms with Gasteiger partial charge < -0.3 is 15.0 Å². The fraction of sp³-hybridized carbons (Fsp3) is 0.316. The number of benzene rings is 2. The van der Waals surface area contributed by atoms with Gasteiger partial charge in [0.05, 0.1) is 18.5 Å². The van der Waals surface area contributed by atoms with Gasteiger partial charge in [-0.25, -0.2) is 0 Å². The van der Waals surface area contributed by atoms with Crippen LogP contribution in [0.2, 0.25) is 5.02 Å². The Bertz CT molecular complexity index is 700. The van der Waals surface area contributed by atoms with E-state index in [9.17, 15) is 4.79 Å². The fourth-order valence-corrected chi connectivity index (χ4v) is 3.59. The number of ether oxygens (including phenoxy) is 1. The summed E-state index contributed by atoms with van der Waals surface area (Å²) in [5.41, 5.74) is 1.97. The third kappa shape index (κ3) is 5.14. The van der Waals surface area contributed by atoms with Crippen LogP contribution >= 0.6 is 23.4 Å². The molecule has 25 heavy (non-hydrogen) atoms. The lowest BCUT2D eigenvalue weighted by molar-refractivity contribution is -0.115. The molecule has 0 bridgehead atoms. The van der Waals surface area contributed by atoms with Crippen molar-refractivity contribution in [2.24, 2.45) is 0 Å². The smallest absolute Gasteiger partial charge is 0.237 e. The number of morpholine rings is 1. The molecule has 3 rings (SSSR count). The van der Waals surface area contributed by atoms with Gasteiger partial charge in [0.2, 0.25) is 5.91 Å². The normalized spacial score (nSPS) is 15.7. The van der Waals surface area contributed by atoms with Gasteiger partial charge in [0.1, 0.15) is 0 Å². The van der Waals surface area contributed by atoms with Crippen LogP contribution in [0.5, 0.6) is 0 Å². The maximum atomic E-state index is 12.4. The summed E-state index contributed by atoms with van der Waals surface area (Å²) in [6.45, 7) is 5.23. The lowest BCUT2D eigenvalue weighted by Crippen LogP contribution is -2.36. The van der Waals surface area contributed by atoms with Crippen molar-refractivity contribution in [2.75, 3.05) is 36.5 Å². The highest BCUT2D eigenvalue weighted by atomic mass is 35.5. The van der Waals surface area contributed by atoms with Gasteiger partial charge >= 0.3 is 0 Å². The quantitative estimate of drug-likeness (QED) is 0.790. The molecule has 0 saturated carbocycles. The van der Waals surface area contributed by atoms with E-state index in [0.29, 0.717) is 5.02 Å². The molecule has 132 valence electrons. The second-order valence-electron chi connectivity index (χ2n) is 5.85. The zero-order valence-electron chi connectivity index (χ0n) is 14.1. The van der Waals surface area contributed by atoms with E-state index in [4.69, 9.17) is 16.3 Å². The highest BCUT2D eigenvalue weighted by Gasteiger charge is 2.15. The number of thioether (sulfide) groups is 1. The molecule has 2 aromatic carbocycles. The summed E-state index contributed by atoms with van der Waals surface area (Å²) in [6, 6.07) is 15.5. The third-order valence-electron chi connectivity index (χ3n) is 4.01. The van der Waals surface area contributed by atoms with Crippen molar-refractivity contribution in [3.05, 3.63) is 53.6 Å². The van der Waals surface area contributed by atoms with Crippen molar-refractivity contribution in [1.82, 2.24) is 0 Å². The van der Waals surface area contributed by atoms with E-state index in [1.807, 2.05) is 55.5 Å². The van der Waals surface area contributed by atoms with E-state index in [2.05, 4.69) is 10.2 Å². The van der Waals surface area contributed by atoms with Crippen molar-refractivity contribution in [2.45, 2.75) is 17.1 Å². The van der Waals surface area contributed by atoms with Crippen LogP contribution in [0.25, 0.3) is 0 Å². The monoisotopic (exact) mass is 376 g/mol. The van der Waals surface area contributed by atoms with E-state index in [1.54, 1.807) is 0 Å². The molecule has 6 heteroatoms. The molecular formula is C19H21ClN2O2S. The maximum absolute atomic E-state index is 12.4. The lowest BCUT2D eigenvalue weighted by atomic mass is 10.2. The number of halogens is 1. The molecule has 1 unspecified atom stereocenters. The van der Waals surface area contributed by atoms with Crippen LogP contribution in [-0.4, -0.2) is 37.5 Å². The Balaban J connectivity index is 1.55. The van der Waals surface area contributed by atoms with Crippen LogP contribution in [0.4, 0.5) is 11.4 Å². The van der Waals surface area contributed by atoms with Gasteiger partial charge in [-0.15, -0.1) is 11.8 Å². The molecule has 4 nitrogen and oxygen atoms in total. The van der Waals surface area contributed by atoms with Crippen LogP contribution in [-0.2, 0) is 9.53 Å². The second kappa shape index (κ2) is 8.61. The van der Waals surface area contributed by atoms with Crippen molar-refractivity contribution >= 4 is 40.6 Å².